The van der Waals surface area contributed by atoms with Crippen molar-refractivity contribution >= 4 is 11.7 Å². The summed E-state index contributed by atoms with van der Waals surface area (Å²) in [6.45, 7) is 5.44. The predicted octanol–water partition coefficient (Wildman–Crippen LogP) is 2.29. The first-order chi connectivity index (χ1) is 9.58. The molecule has 1 N–H and O–H groups in total. The van der Waals surface area contributed by atoms with E-state index in [4.69, 9.17) is 5.11 Å². The molecule has 0 atom stereocenters. The van der Waals surface area contributed by atoms with Crippen molar-refractivity contribution in [3.63, 3.8) is 0 Å². The summed E-state index contributed by atoms with van der Waals surface area (Å²) in [6.07, 6.45) is 0.204. The van der Waals surface area contributed by atoms with Crippen LogP contribution >= 0.6 is 0 Å². The zero-order valence-electron chi connectivity index (χ0n) is 11.7. The van der Waals surface area contributed by atoms with Gasteiger partial charge in [-0.05, 0) is 31.9 Å². The number of nitrogens with zero attached hydrogens (tertiary/aromatic N) is 3. The number of nitriles is 2. The molecule has 0 saturated heterocycles. The van der Waals surface area contributed by atoms with Crippen molar-refractivity contribution < 1.29 is 9.90 Å². The summed E-state index contributed by atoms with van der Waals surface area (Å²) >= 11 is 0. The maximum atomic E-state index is 10.6. The number of benzene rings is 1. The van der Waals surface area contributed by atoms with E-state index in [1.54, 1.807) is 12.1 Å². The molecule has 0 aliphatic rings. The molecule has 1 aromatic carbocycles. The van der Waals surface area contributed by atoms with Crippen LogP contribution in [-0.2, 0) is 11.2 Å². The molecule has 0 aliphatic carbocycles. The van der Waals surface area contributed by atoms with Gasteiger partial charge in [0.05, 0.1) is 16.8 Å². The van der Waals surface area contributed by atoms with E-state index < -0.39 is 5.97 Å². The van der Waals surface area contributed by atoms with Gasteiger partial charge in [0.1, 0.15) is 12.1 Å². The van der Waals surface area contributed by atoms with Crippen molar-refractivity contribution in [3.05, 3.63) is 28.8 Å². The minimum absolute atomic E-state index is 0.0514. The fourth-order valence-corrected chi connectivity index (χ4v) is 2.15. The van der Waals surface area contributed by atoms with E-state index in [-0.39, 0.29) is 18.4 Å². The van der Waals surface area contributed by atoms with E-state index in [1.807, 2.05) is 24.8 Å². The Balaban J connectivity index is 3.31. The molecule has 0 aliphatic heterocycles. The van der Waals surface area contributed by atoms with E-state index >= 15 is 0 Å². The lowest BCUT2D eigenvalue weighted by molar-refractivity contribution is -0.136. The Morgan fingerprint density at radius 1 is 1.20 bits per heavy atom. The summed E-state index contributed by atoms with van der Waals surface area (Å²) in [4.78, 5) is 12.6. The van der Waals surface area contributed by atoms with Crippen LogP contribution in [0.5, 0.6) is 0 Å². The SMILES string of the molecule is CCN(CC)c1ccc(CCC(=O)O)c(C#N)c1C#N. The van der Waals surface area contributed by atoms with E-state index in [9.17, 15) is 15.3 Å². The van der Waals surface area contributed by atoms with Crippen LogP contribution in [0.1, 0.15) is 37.0 Å². The van der Waals surface area contributed by atoms with Crippen LogP contribution in [-0.4, -0.2) is 24.2 Å². The molecular formula is C15H17N3O2. The van der Waals surface area contributed by atoms with Crippen molar-refractivity contribution in [2.75, 3.05) is 18.0 Å². The van der Waals surface area contributed by atoms with Gasteiger partial charge in [-0.3, -0.25) is 4.79 Å². The second-order valence-corrected chi connectivity index (χ2v) is 4.28. The standard InChI is InChI=1S/C15H17N3O2/c1-3-18(4-2)14-7-5-11(6-8-15(19)20)12(9-16)13(14)10-17/h5,7H,3-4,6,8H2,1-2H3,(H,19,20). The third kappa shape index (κ3) is 3.27. The number of carboxylic acid groups (broad SMARTS) is 1. The highest BCUT2D eigenvalue weighted by atomic mass is 16.4. The molecule has 0 amide bonds. The van der Waals surface area contributed by atoms with E-state index in [0.717, 1.165) is 18.8 Å². The Hall–Kier alpha value is -2.53. The van der Waals surface area contributed by atoms with E-state index in [1.165, 1.54) is 0 Å². The summed E-state index contributed by atoms with van der Waals surface area (Å²) in [5, 5.41) is 27.3. The molecule has 20 heavy (non-hydrogen) atoms. The molecule has 0 fully saturated rings. The molecule has 0 saturated carbocycles. The number of rotatable bonds is 6. The third-order valence-corrected chi connectivity index (χ3v) is 3.21. The molecule has 1 rings (SSSR count). The Morgan fingerprint density at radius 2 is 1.80 bits per heavy atom. The summed E-state index contributed by atoms with van der Waals surface area (Å²) in [6, 6.07) is 7.66. The van der Waals surface area contributed by atoms with Gasteiger partial charge in [-0.15, -0.1) is 0 Å². The van der Waals surface area contributed by atoms with Gasteiger partial charge >= 0.3 is 5.97 Å². The lowest BCUT2D eigenvalue weighted by Crippen LogP contribution is -2.23. The number of anilines is 1. The van der Waals surface area contributed by atoms with Gasteiger partial charge in [0, 0.05) is 19.5 Å². The average molecular weight is 271 g/mol. The van der Waals surface area contributed by atoms with Crippen LogP contribution in [0.15, 0.2) is 12.1 Å². The topological polar surface area (TPSA) is 88.1 Å². The third-order valence-electron chi connectivity index (χ3n) is 3.21. The molecule has 0 unspecified atom stereocenters. The van der Waals surface area contributed by atoms with Gasteiger partial charge in [0.2, 0.25) is 0 Å². The predicted molar refractivity (Wildman–Crippen MR) is 75.4 cm³/mol. The Kier molecular flexibility index (Phi) is 5.56. The molecule has 0 heterocycles. The van der Waals surface area contributed by atoms with Crippen molar-refractivity contribution in [2.24, 2.45) is 0 Å². The van der Waals surface area contributed by atoms with Gasteiger partial charge < -0.3 is 10.0 Å². The maximum absolute atomic E-state index is 10.6. The molecule has 5 heteroatoms. The smallest absolute Gasteiger partial charge is 0.303 e. The van der Waals surface area contributed by atoms with Gasteiger partial charge in [-0.2, -0.15) is 10.5 Å². The van der Waals surface area contributed by atoms with Crippen LogP contribution in [0.4, 0.5) is 5.69 Å². The van der Waals surface area contributed by atoms with Crippen LogP contribution in [0.25, 0.3) is 0 Å². The number of carboxylic acids is 1. The number of carbonyl (C=O) groups is 1. The fourth-order valence-electron chi connectivity index (χ4n) is 2.15. The van der Waals surface area contributed by atoms with Gasteiger partial charge in [-0.1, -0.05) is 6.07 Å². The van der Waals surface area contributed by atoms with Gasteiger partial charge in [-0.25, -0.2) is 0 Å². The first-order valence-corrected chi connectivity index (χ1v) is 6.51. The largest absolute Gasteiger partial charge is 0.481 e. The number of aryl methyl sites for hydroxylation is 1. The van der Waals surface area contributed by atoms with Crippen LogP contribution in [0, 0.1) is 22.7 Å². The second-order valence-electron chi connectivity index (χ2n) is 4.28. The lowest BCUT2D eigenvalue weighted by Gasteiger charge is -2.23. The zero-order chi connectivity index (χ0) is 15.1. The first kappa shape index (κ1) is 15.5. The highest BCUT2D eigenvalue weighted by molar-refractivity contribution is 5.70. The van der Waals surface area contributed by atoms with Crippen LogP contribution in [0.3, 0.4) is 0 Å². The van der Waals surface area contributed by atoms with E-state index in [2.05, 4.69) is 6.07 Å². The summed E-state index contributed by atoms with van der Waals surface area (Å²) in [5.41, 5.74) is 1.97. The van der Waals surface area contributed by atoms with Crippen molar-refractivity contribution in [1.82, 2.24) is 0 Å². The molecule has 0 radical (unpaired) electrons. The minimum Gasteiger partial charge on any atom is -0.481 e. The monoisotopic (exact) mass is 271 g/mol. The number of hydrogen-bond donors (Lipinski definition) is 1. The average Bonchev–Trinajstić information content (AvgIpc) is 2.45. The molecule has 0 bridgehead atoms. The minimum atomic E-state index is -0.916. The Labute approximate surface area is 118 Å². The van der Waals surface area contributed by atoms with Crippen molar-refractivity contribution in [1.29, 1.82) is 10.5 Å². The van der Waals surface area contributed by atoms with Crippen molar-refractivity contribution in [3.8, 4) is 12.1 Å². The maximum Gasteiger partial charge on any atom is 0.303 e. The zero-order valence-corrected chi connectivity index (χ0v) is 11.7. The summed E-state index contributed by atoms with van der Waals surface area (Å²) in [7, 11) is 0. The van der Waals surface area contributed by atoms with Crippen LogP contribution < -0.4 is 4.90 Å². The van der Waals surface area contributed by atoms with Crippen molar-refractivity contribution in [2.45, 2.75) is 26.7 Å². The second kappa shape index (κ2) is 7.16. The number of aliphatic carboxylic acids is 1. The Morgan fingerprint density at radius 3 is 2.25 bits per heavy atom. The van der Waals surface area contributed by atoms with E-state index in [0.29, 0.717) is 11.1 Å². The highest BCUT2D eigenvalue weighted by Gasteiger charge is 2.16. The van der Waals surface area contributed by atoms with Gasteiger partial charge in [0.15, 0.2) is 0 Å². The molecular weight excluding hydrogens is 254 g/mol. The Bertz CT molecular complexity index is 578. The molecule has 1 aromatic rings. The molecule has 104 valence electrons. The first-order valence-electron chi connectivity index (χ1n) is 6.51. The highest BCUT2D eigenvalue weighted by Crippen LogP contribution is 2.26. The molecule has 0 spiro atoms. The fraction of sp³-hybridized carbons (Fsp3) is 0.400. The molecule has 0 aromatic heterocycles. The lowest BCUT2D eigenvalue weighted by atomic mass is 9.97. The number of hydrogen-bond acceptors (Lipinski definition) is 4. The quantitative estimate of drug-likeness (QED) is 0.857. The normalized spacial score (nSPS) is 9.60. The van der Waals surface area contributed by atoms with Gasteiger partial charge in [0.25, 0.3) is 0 Å². The summed E-state index contributed by atoms with van der Waals surface area (Å²) in [5.74, 6) is -0.916. The molecule has 5 nitrogen and oxygen atoms in total. The van der Waals surface area contributed by atoms with Crippen LogP contribution in [0.2, 0.25) is 0 Å². The summed E-state index contributed by atoms with van der Waals surface area (Å²) < 4.78 is 0.